The van der Waals surface area contributed by atoms with Crippen molar-refractivity contribution >= 4 is 47.0 Å². The minimum absolute atomic E-state index is 0.124. The molecule has 2 atom stereocenters. The average molecular weight is 583 g/mol. The van der Waals surface area contributed by atoms with Crippen molar-refractivity contribution in [2.75, 3.05) is 32.1 Å². The molecule has 0 N–H and O–H groups in total. The number of rotatable bonds is 9. The van der Waals surface area contributed by atoms with Gasteiger partial charge in [-0.15, -0.1) is 11.8 Å². The van der Waals surface area contributed by atoms with Crippen LogP contribution in [-0.2, 0) is 25.7 Å². The molecule has 0 spiro atoms. The van der Waals surface area contributed by atoms with Crippen LogP contribution >= 0.6 is 23.4 Å². The summed E-state index contributed by atoms with van der Waals surface area (Å²) in [6.45, 7) is 2.17. The number of nitrogens with zero attached hydrogens (tertiary/aromatic N) is 2. The summed E-state index contributed by atoms with van der Waals surface area (Å²) < 4.78 is 16.5. The van der Waals surface area contributed by atoms with Crippen molar-refractivity contribution in [1.29, 1.82) is 0 Å². The van der Waals surface area contributed by atoms with Crippen molar-refractivity contribution in [2.45, 2.75) is 36.2 Å². The Kier molecular flexibility index (Phi) is 9.95. The predicted molar refractivity (Wildman–Crippen MR) is 155 cm³/mol. The van der Waals surface area contributed by atoms with Gasteiger partial charge < -0.3 is 24.0 Å². The van der Waals surface area contributed by atoms with E-state index in [1.807, 2.05) is 42.5 Å². The molecular formula is C30H31ClN2O6S. The third kappa shape index (κ3) is 7.08. The van der Waals surface area contributed by atoms with Crippen LogP contribution in [0.5, 0.6) is 5.75 Å². The third-order valence-electron chi connectivity index (χ3n) is 6.42. The second kappa shape index (κ2) is 13.6. The van der Waals surface area contributed by atoms with E-state index >= 15 is 0 Å². The molecule has 0 fully saturated rings. The maximum Gasteiger partial charge on any atom is 0.409 e. The average Bonchev–Trinajstić information content (AvgIpc) is 3.08. The van der Waals surface area contributed by atoms with E-state index in [2.05, 4.69) is 0 Å². The molecular weight excluding hydrogens is 552 g/mol. The number of methoxy groups -OCH3 is 1. The van der Waals surface area contributed by atoms with Gasteiger partial charge in [-0.3, -0.25) is 9.59 Å². The lowest BCUT2D eigenvalue weighted by Gasteiger charge is -2.29. The topological polar surface area (TPSA) is 85.4 Å². The molecule has 3 aromatic carbocycles. The highest BCUT2D eigenvalue weighted by Gasteiger charge is 2.41. The number of ether oxygens (including phenoxy) is 3. The first kappa shape index (κ1) is 29.3. The van der Waals surface area contributed by atoms with Crippen molar-refractivity contribution in [3.63, 3.8) is 0 Å². The van der Waals surface area contributed by atoms with Crippen LogP contribution in [0.3, 0.4) is 0 Å². The predicted octanol–water partition coefficient (Wildman–Crippen LogP) is 6.12. The number of carbonyl (C=O) groups is 3. The number of fused-ring (bicyclic) bond motifs is 1. The van der Waals surface area contributed by atoms with E-state index in [1.54, 1.807) is 56.3 Å². The molecule has 2 amide bonds. The number of hydrogen-bond donors (Lipinski definition) is 0. The SMILES string of the molecule is CCC(=O)O[C@H]1C(=O)N(CCN(C)C(=O)OCc2ccccc2)c2ccc(Cl)cc2S[C@H]1c1ccc(OC)cc1. The highest BCUT2D eigenvalue weighted by atomic mass is 35.5. The molecule has 3 aromatic rings. The minimum Gasteiger partial charge on any atom is -0.497 e. The summed E-state index contributed by atoms with van der Waals surface area (Å²) >= 11 is 7.76. The quantitative estimate of drug-likeness (QED) is 0.281. The summed E-state index contributed by atoms with van der Waals surface area (Å²) in [7, 11) is 3.19. The Bertz CT molecular complexity index is 1340. The monoisotopic (exact) mass is 582 g/mol. The van der Waals surface area contributed by atoms with Crippen LogP contribution in [0.15, 0.2) is 77.7 Å². The summed E-state index contributed by atoms with van der Waals surface area (Å²) in [5, 5.41) is -0.0255. The molecule has 0 saturated heterocycles. The zero-order valence-corrected chi connectivity index (χ0v) is 24.1. The largest absolute Gasteiger partial charge is 0.497 e. The van der Waals surface area contributed by atoms with Gasteiger partial charge in [0.1, 0.15) is 12.4 Å². The van der Waals surface area contributed by atoms with E-state index < -0.39 is 23.4 Å². The van der Waals surface area contributed by atoms with Crippen molar-refractivity contribution in [3.05, 3.63) is 88.9 Å². The van der Waals surface area contributed by atoms with Crippen LogP contribution in [0.1, 0.15) is 29.7 Å². The molecule has 210 valence electrons. The molecule has 40 heavy (non-hydrogen) atoms. The van der Waals surface area contributed by atoms with E-state index in [9.17, 15) is 14.4 Å². The van der Waals surface area contributed by atoms with Gasteiger partial charge in [0, 0.05) is 36.5 Å². The molecule has 10 heteroatoms. The van der Waals surface area contributed by atoms with Crippen LogP contribution in [0.4, 0.5) is 10.5 Å². The van der Waals surface area contributed by atoms with Gasteiger partial charge in [-0.1, -0.05) is 61.0 Å². The number of halogens is 1. The fourth-order valence-electron chi connectivity index (χ4n) is 4.18. The molecule has 0 radical (unpaired) electrons. The molecule has 0 aliphatic carbocycles. The highest BCUT2D eigenvalue weighted by Crippen LogP contribution is 2.47. The lowest BCUT2D eigenvalue weighted by atomic mass is 10.1. The molecule has 1 heterocycles. The molecule has 0 saturated carbocycles. The van der Waals surface area contributed by atoms with Crippen molar-refractivity contribution < 1.29 is 28.6 Å². The van der Waals surface area contributed by atoms with Crippen molar-refractivity contribution in [2.24, 2.45) is 0 Å². The molecule has 4 rings (SSSR count). The second-order valence-corrected chi connectivity index (χ2v) is 10.8. The van der Waals surface area contributed by atoms with Crippen LogP contribution in [0, 0.1) is 0 Å². The maximum atomic E-state index is 14.1. The van der Waals surface area contributed by atoms with E-state index in [0.29, 0.717) is 16.5 Å². The molecule has 0 bridgehead atoms. The molecule has 0 aromatic heterocycles. The van der Waals surface area contributed by atoms with Crippen LogP contribution in [0.2, 0.25) is 5.02 Å². The summed E-state index contributed by atoms with van der Waals surface area (Å²) in [6.07, 6.45) is -1.49. The second-order valence-electron chi connectivity index (χ2n) is 9.14. The fourth-order valence-corrected chi connectivity index (χ4v) is 5.77. The fraction of sp³-hybridized carbons (Fsp3) is 0.300. The Morgan fingerprint density at radius 2 is 1.77 bits per heavy atom. The normalized spacial score (nSPS) is 16.5. The van der Waals surface area contributed by atoms with Gasteiger partial charge in [-0.05, 0) is 41.5 Å². The van der Waals surface area contributed by atoms with E-state index in [-0.39, 0.29) is 32.0 Å². The zero-order valence-electron chi connectivity index (χ0n) is 22.5. The Hall–Kier alpha value is -3.69. The number of likely N-dealkylation sites (N-methyl/N-ethyl adjacent to an activating group) is 1. The van der Waals surface area contributed by atoms with Crippen molar-refractivity contribution in [3.8, 4) is 5.75 Å². The Balaban J connectivity index is 1.60. The van der Waals surface area contributed by atoms with E-state index in [4.69, 9.17) is 25.8 Å². The van der Waals surface area contributed by atoms with Gasteiger partial charge in [0.2, 0.25) is 0 Å². The molecule has 1 aliphatic heterocycles. The first-order valence-electron chi connectivity index (χ1n) is 12.8. The third-order valence-corrected chi connectivity index (χ3v) is 8.01. The summed E-state index contributed by atoms with van der Waals surface area (Å²) in [5.41, 5.74) is 2.29. The van der Waals surface area contributed by atoms with Gasteiger partial charge >= 0.3 is 12.1 Å². The Morgan fingerprint density at radius 1 is 1.05 bits per heavy atom. The zero-order chi connectivity index (χ0) is 28.6. The number of esters is 1. The summed E-state index contributed by atoms with van der Waals surface area (Å²) in [6, 6.07) is 22.0. The highest BCUT2D eigenvalue weighted by molar-refractivity contribution is 7.99. The lowest BCUT2D eigenvalue weighted by molar-refractivity contribution is -0.154. The van der Waals surface area contributed by atoms with E-state index in [1.165, 1.54) is 16.7 Å². The first-order chi connectivity index (χ1) is 19.3. The standard InChI is InChI=1S/C30H31ClN2O6S/c1-4-26(34)39-27-28(21-10-13-23(37-3)14-11-21)40-25-18-22(31)12-15-24(25)33(29(27)35)17-16-32(2)30(36)38-19-20-8-6-5-7-9-20/h5-15,18,27-28H,4,16-17,19H2,1-3H3/t27-,28+/m1/s1. The van der Waals surface area contributed by atoms with Gasteiger partial charge in [0.05, 0.1) is 18.0 Å². The van der Waals surface area contributed by atoms with Crippen LogP contribution < -0.4 is 9.64 Å². The number of thioether (sulfide) groups is 1. The number of anilines is 1. The van der Waals surface area contributed by atoms with E-state index in [0.717, 1.165) is 16.0 Å². The van der Waals surface area contributed by atoms with Gasteiger partial charge in [-0.25, -0.2) is 4.79 Å². The Labute approximate surface area is 243 Å². The number of benzene rings is 3. The van der Waals surface area contributed by atoms with Gasteiger partial charge in [0.15, 0.2) is 6.10 Å². The number of carbonyl (C=O) groups excluding carboxylic acids is 3. The van der Waals surface area contributed by atoms with Gasteiger partial charge in [0.25, 0.3) is 5.91 Å². The van der Waals surface area contributed by atoms with Crippen LogP contribution in [-0.4, -0.2) is 56.2 Å². The molecule has 8 nitrogen and oxygen atoms in total. The summed E-state index contributed by atoms with van der Waals surface area (Å²) in [5.74, 6) is -0.201. The van der Waals surface area contributed by atoms with Crippen molar-refractivity contribution in [1.82, 2.24) is 4.90 Å². The Morgan fingerprint density at radius 3 is 2.45 bits per heavy atom. The van der Waals surface area contributed by atoms with Crippen LogP contribution in [0.25, 0.3) is 0 Å². The summed E-state index contributed by atoms with van der Waals surface area (Å²) in [4.78, 5) is 43.0. The maximum absolute atomic E-state index is 14.1. The lowest BCUT2D eigenvalue weighted by Crippen LogP contribution is -2.46. The first-order valence-corrected chi connectivity index (χ1v) is 14.1. The molecule has 1 aliphatic rings. The molecule has 0 unspecified atom stereocenters. The number of amides is 2. The van der Waals surface area contributed by atoms with Gasteiger partial charge in [-0.2, -0.15) is 0 Å². The smallest absolute Gasteiger partial charge is 0.409 e. The number of hydrogen-bond acceptors (Lipinski definition) is 7. The minimum atomic E-state index is -1.10.